The van der Waals surface area contributed by atoms with E-state index in [-0.39, 0.29) is 23.2 Å². The van der Waals surface area contributed by atoms with Gasteiger partial charge in [-0.15, -0.1) is 0 Å². The van der Waals surface area contributed by atoms with Gasteiger partial charge in [0.1, 0.15) is 17.2 Å². The molecule has 8 heteroatoms. The molecule has 1 atom stereocenters. The van der Waals surface area contributed by atoms with Crippen molar-refractivity contribution in [2.45, 2.75) is 24.8 Å². The van der Waals surface area contributed by atoms with E-state index in [0.29, 0.717) is 5.69 Å². The Labute approximate surface area is 197 Å². The van der Waals surface area contributed by atoms with Crippen molar-refractivity contribution in [3.63, 3.8) is 0 Å². The van der Waals surface area contributed by atoms with Crippen LogP contribution in [-0.4, -0.2) is 28.0 Å². The maximum absolute atomic E-state index is 13.7. The number of rotatable bonds is 8. The van der Waals surface area contributed by atoms with Gasteiger partial charge in [0.25, 0.3) is 10.0 Å². The van der Waals surface area contributed by atoms with Gasteiger partial charge in [-0.3, -0.25) is 9.10 Å². The highest BCUT2D eigenvalue weighted by Gasteiger charge is 2.30. The fraction of sp³-hybridized carbons (Fsp3) is 0.208. The van der Waals surface area contributed by atoms with E-state index < -0.39 is 15.9 Å². The molecule has 0 saturated carbocycles. The lowest BCUT2D eigenvalue weighted by Crippen LogP contribution is -2.41. The molecule has 0 spiro atoms. The maximum Gasteiger partial charge on any atom is 0.268 e. The number of hydrogen-bond donors (Lipinski definition) is 1. The van der Waals surface area contributed by atoms with Crippen molar-refractivity contribution in [3.8, 4) is 5.75 Å². The zero-order chi connectivity index (χ0) is 23.3. The van der Waals surface area contributed by atoms with Gasteiger partial charge in [0.15, 0.2) is 0 Å². The van der Waals surface area contributed by atoms with E-state index in [2.05, 4.69) is 21.2 Å². The lowest BCUT2D eigenvalue weighted by Gasteiger charge is -2.26. The molecule has 1 N–H and O–H groups in total. The highest BCUT2D eigenvalue weighted by molar-refractivity contribution is 9.10. The lowest BCUT2D eigenvalue weighted by molar-refractivity contribution is -0.120. The molecular weight excluding hydrogens is 492 g/mol. The van der Waals surface area contributed by atoms with Crippen LogP contribution in [0.2, 0.25) is 0 Å². The topological polar surface area (TPSA) is 75.7 Å². The van der Waals surface area contributed by atoms with E-state index in [1.165, 1.54) is 7.11 Å². The van der Waals surface area contributed by atoms with Crippen molar-refractivity contribution >= 4 is 37.5 Å². The van der Waals surface area contributed by atoms with Crippen molar-refractivity contribution < 1.29 is 17.9 Å². The van der Waals surface area contributed by atoms with Crippen LogP contribution in [-0.2, 0) is 14.8 Å². The van der Waals surface area contributed by atoms with E-state index in [1.54, 1.807) is 55.5 Å². The van der Waals surface area contributed by atoms with Crippen LogP contribution in [0.1, 0.15) is 24.1 Å². The normalized spacial score (nSPS) is 12.1. The number of nitrogens with zero attached hydrogens (tertiary/aromatic N) is 1. The second-order valence-electron chi connectivity index (χ2n) is 7.34. The van der Waals surface area contributed by atoms with Gasteiger partial charge in [-0.25, -0.2) is 8.42 Å². The molecule has 1 amide bonds. The third-order valence-electron chi connectivity index (χ3n) is 4.97. The molecule has 0 unspecified atom stereocenters. The minimum Gasteiger partial charge on any atom is -0.495 e. The number of anilines is 1. The molecule has 0 bridgehead atoms. The number of nitrogens with one attached hydrogen (secondary N) is 1. The van der Waals surface area contributed by atoms with Crippen LogP contribution in [0.4, 0.5) is 5.69 Å². The zero-order valence-corrected chi connectivity index (χ0v) is 20.5. The molecule has 3 aromatic carbocycles. The fourth-order valence-corrected chi connectivity index (χ4v) is 5.19. The highest BCUT2D eigenvalue weighted by Crippen LogP contribution is 2.30. The molecule has 0 aliphatic heterocycles. The Morgan fingerprint density at radius 2 is 1.72 bits per heavy atom. The molecular formula is C24H25BrN2O4S. The van der Waals surface area contributed by atoms with Crippen LogP contribution < -0.4 is 14.4 Å². The summed E-state index contributed by atoms with van der Waals surface area (Å²) in [6.07, 6.45) is 0. The summed E-state index contributed by atoms with van der Waals surface area (Å²) in [6.45, 7) is 3.29. The average Bonchev–Trinajstić information content (AvgIpc) is 2.78. The lowest BCUT2D eigenvalue weighted by atomic mass is 10.1. The monoisotopic (exact) mass is 516 g/mol. The van der Waals surface area contributed by atoms with Crippen LogP contribution in [0.25, 0.3) is 0 Å². The van der Waals surface area contributed by atoms with Crippen molar-refractivity contribution in [1.29, 1.82) is 0 Å². The maximum atomic E-state index is 13.7. The third kappa shape index (κ3) is 5.49. The van der Waals surface area contributed by atoms with Gasteiger partial charge in [-0.1, -0.05) is 52.3 Å². The molecule has 0 fully saturated rings. The van der Waals surface area contributed by atoms with Gasteiger partial charge in [-0.05, 0) is 61.4 Å². The number of carbonyl (C=O) groups is 1. The number of amides is 1. The number of para-hydroxylation sites is 1. The number of carbonyl (C=O) groups excluding carboxylic acids is 1. The molecule has 168 valence electrons. The number of halogens is 1. The van der Waals surface area contributed by atoms with Gasteiger partial charge in [0, 0.05) is 4.47 Å². The Hall–Kier alpha value is -2.84. The van der Waals surface area contributed by atoms with Crippen molar-refractivity contribution in [2.75, 3.05) is 18.0 Å². The summed E-state index contributed by atoms with van der Waals surface area (Å²) in [5, 5.41) is 2.89. The predicted molar refractivity (Wildman–Crippen MR) is 129 cm³/mol. The van der Waals surface area contributed by atoms with Gasteiger partial charge in [0.05, 0.1) is 18.8 Å². The zero-order valence-electron chi connectivity index (χ0n) is 18.1. The molecule has 3 rings (SSSR count). The molecule has 0 radical (unpaired) electrons. The minimum absolute atomic E-state index is 0.0117. The molecule has 0 aliphatic rings. The van der Waals surface area contributed by atoms with E-state index in [1.807, 2.05) is 31.2 Å². The second kappa shape index (κ2) is 10.2. The average molecular weight is 517 g/mol. The Bertz CT molecular complexity index is 1180. The second-order valence-corrected chi connectivity index (χ2v) is 10.1. The molecule has 0 aromatic heterocycles. The Morgan fingerprint density at radius 1 is 1.06 bits per heavy atom. The summed E-state index contributed by atoms with van der Waals surface area (Å²) in [5.74, 6) is -0.195. The van der Waals surface area contributed by atoms with Gasteiger partial charge in [0.2, 0.25) is 5.91 Å². The molecule has 32 heavy (non-hydrogen) atoms. The molecule has 0 saturated heterocycles. The van der Waals surface area contributed by atoms with Crippen molar-refractivity contribution in [2.24, 2.45) is 0 Å². The Kier molecular flexibility index (Phi) is 7.58. The van der Waals surface area contributed by atoms with Crippen LogP contribution in [0.5, 0.6) is 5.75 Å². The SMILES string of the molecule is COc1ccc(C)cc1S(=O)(=O)N(CC(=O)N[C@@H](C)c1ccc(Br)cc1)c1ccccc1. The smallest absolute Gasteiger partial charge is 0.268 e. The Balaban J connectivity index is 1.93. The summed E-state index contributed by atoms with van der Waals surface area (Å²) in [7, 11) is -2.66. The van der Waals surface area contributed by atoms with Crippen LogP contribution in [0.3, 0.4) is 0 Å². The summed E-state index contributed by atoms with van der Waals surface area (Å²) in [6, 6.07) is 20.8. The number of sulfonamides is 1. The largest absolute Gasteiger partial charge is 0.495 e. The molecule has 6 nitrogen and oxygen atoms in total. The first kappa shape index (κ1) is 23.8. The Morgan fingerprint density at radius 3 is 2.34 bits per heavy atom. The van der Waals surface area contributed by atoms with Gasteiger partial charge in [-0.2, -0.15) is 0 Å². The van der Waals surface area contributed by atoms with E-state index in [0.717, 1.165) is 19.9 Å². The highest BCUT2D eigenvalue weighted by atomic mass is 79.9. The summed E-state index contributed by atoms with van der Waals surface area (Å²) < 4.78 is 34.7. The standard InChI is InChI=1S/C24H25BrN2O4S/c1-17-9-14-22(31-3)23(15-17)32(29,30)27(21-7-5-4-6-8-21)16-24(28)26-18(2)19-10-12-20(25)13-11-19/h4-15,18H,16H2,1-3H3,(H,26,28)/t18-/m0/s1. The van der Waals surface area contributed by atoms with Crippen molar-refractivity contribution in [3.05, 3.63) is 88.4 Å². The quantitative estimate of drug-likeness (QED) is 0.464. The van der Waals surface area contributed by atoms with E-state index in [9.17, 15) is 13.2 Å². The summed E-state index contributed by atoms with van der Waals surface area (Å²) >= 11 is 3.39. The van der Waals surface area contributed by atoms with E-state index in [4.69, 9.17) is 4.74 Å². The first-order chi connectivity index (χ1) is 15.2. The third-order valence-corrected chi connectivity index (χ3v) is 7.29. The number of aryl methyl sites for hydroxylation is 1. The fourth-order valence-electron chi connectivity index (χ4n) is 3.27. The number of hydrogen-bond acceptors (Lipinski definition) is 4. The number of benzene rings is 3. The van der Waals surface area contributed by atoms with E-state index >= 15 is 0 Å². The van der Waals surface area contributed by atoms with Crippen molar-refractivity contribution in [1.82, 2.24) is 5.32 Å². The minimum atomic E-state index is -4.08. The van der Waals surface area contributed by atoms with Gasteiger partial charge >= 0.3 is 0 Å². The predicted octanol–water partition coefficient (Wildman–Crippen LogP) is 4.84. The molecule has 0 heterocycles. The van der Waals surface area contributed by atoms with Gasteiger partial charge < -0.3 is 10.1 Å². The summed E-state index contributed by atoms with van der Waals surface area (Å²) in [4.78, 5) is 12.9. The van der Waals surface area contributed by atoms with Crippen LogP contribution >= 0.6 is 15.9 Å². The number of methoxy groups -OCH3 is 1. The first-order valence-corrected chi connectivity index (χ1v) is 12.2. The molecule has 0 aliphatic carbocycles. The van der Waals surface area contributed by atoms with Crippen LogP contribution in [0.15, 0.2) is 82.2 Å². The first-order valence-electron chi connectivity index (χ1n) is 9.99. The number of ether oxygens (including phenoxy) is 1. The molecule has 3 aromatic rings. The van der Waals surface area contributed by atoms with Crippen LogP contribution in [0, 0.1) is 6.92 Å². The summed E-state index contributed by atoms with van der Waals surface area (Å²) in [5.41, 5.74) is 2.07.